The topological polar surface area (TPSA) is 89.4 Å². The first-order valence-corrected chi connectivity index (χ1v) is 4.07. The maximum absolute atomic E-state index is 10.4. The molecule has 2 aromatic heterocycles. The molecule has 6 heteroatoms. The molecule has 0 bridgehead atoms. The molecule has 15 heavy (non-hydrogen) atoms. The summed E-state index contributed by atoms with van der Waals surface area (Å²) in [5, 5.41) is 19.8. The van der Waals surface area contributed by atoms with E-state index in [2.05, 4.69) is 4.98 Å². The van der Waals surface area contributed by atoms with E-state index in [9.17, 15) is 15.2 Å². The second kappa shape index (κ2) is 3.41. The summed E-state index contributed by atoms with van der Waals surface area (Å²) in [6.07, 6.45) is 1.46. The Morgan fingerprint density at radius 1 is 1.40 bits per heavy atom. The van der Waals surface area contributed by atoms with Crippen molar-refractivity contribution in [3.63, 3.8) is 0 Å². The van der Waals surface area contributed by atoms with Gasteiger partial charge in [-0.25, -0.2) is 4.98 Å². The molecule has 6 nitrogen and oxygen atoms in total. The Kier molecular flexibility index (Phi) is 2.09. The van der Waals surface area contributed by atoms with Crippen LogP contribution in [0, 0.1) is 10.1 Å². The van der Waals surface area contributed by atoms with Gasteiger partial charge in [-0.15, -0.1) is 0 Å². The summed E-state index contributed by atoms with van der Waals surface area (Å²) in [6, 6.07) is 5.58. The lowest BCUT2D eigenvalue weighted by Gasteiger charge is -1.97. The van der Waals surface area contributed by atoms with Crippen molar-refractivity contribution in [3.05, 3.63) is 40.6 Å². The first kappa shape index (κ1) is 9.20. The number of nitro groups is 1. The minimum absolute atomic E-state index is 0.0817. The zero-order valence-electron chi connectivity index (χ0n) is 7.45. The summed E-state index contributed by atoms with van der Waals surface area (Å²) in [6.45, 7) is 0. The fraction of sp³-hybridized carbons (Fsp3) is 0. The summed E-state index contributed by atoms with van der Waals surface area (Å²) >= 11 is 0. The highest BCUT2D eigenvalue weighted by Crippen LogP contribution is 2.29. The Morgan fingerprint density at radius 3 is 2.80 bits per heavy atom. The Morgan fingerprint density at radius 2 is 2.20 bits per heavy atom. The molecule has 76 valence electrons. The fourth-order valence-corrected chi connectivity index (χ4v) is 1.14. The van der Waals surface area contributed by atoms with Crippen LogP contribution >= 0.6 is 0 Å². The van der Waals surface area contributed by atoms with Gasteiger partial charge in [-0.2, -0.15) is 0 Å². The largest absolute Gasteiger partial charge is 0.506 e. The molecule has 0 spiro atoms. The fourth-order valence-electron chi connectivity index (χ4n) is 1.14. The van der Waals surface area contributed by atoms with E-state index in [4.69, 9.17) is 4.42 Å². The number of hydrogen-bond acceptors (Lipinski definition) is 5. The third kappa shape index (κ3) is 1.64. The lowest BCUT2D eigenvalue weighted by atomic mass is 10.3. The van der Waals surface area contributed by atoms with Crippen molar-refractivity contribution in [1.29, 1.82) is 0 Å². The van der Waals surface area contributed by atoms with E-state index in [0.29, 0.717) is 0 Å². The average molecular weight is 206 g/mol. The molecule has 0 radical (unpaired) electrons. The first-order valence-electron chi connectivity index (χ1n) is 4.07. The maximum Gasteiger partial charge on any atom is 0.433 e. The number of nitrogens with zero attached hydrogens (tertiary/aromatic N) is 2. The summed E-state index contributed by atoms with van der Waals surface area (Å²) in [7, 11) is 0. The number of hydrogen-bond donors (Lipinski definition) is 1. The molecule has 0 aromatic carbocycles. The lowest BCUT2D eigenvalue weighted by molar-refractivity contribution is -0.401. The van der Waals surface area contributed by atoms with Crippen LogP contribution in [0.3, 0.4) is 0 Å². The van der Waals surface area contributed by atoms with Crippen molar-refractivity contribution in [1.82, 2.24) is 4.98 Å². The normalized spacial score (nSPS) is 10.1. The van der Waals surface area contributed by atoms with E-state index in [1.807, 2.05) is 0 Å². The highest BCUT2D eigenvalue weighted by molar-refractivity contribution is 5.60. The smallest absolute Gasteiger partial charge is 0.433 e. The van der Waals surface area contributed by atoms with Crippen LogP contribution in [-0.4, -0.2) is 15.0 Å². The average Bonchev–Trinajstić information content (AvgIpc) is 2.67. The van der Waals surface area contributed by atoms with E-state index in [1.165, 1.54) is 24.4 Å². The SMILES string of the molecule is O=[N+]([O-])c1ccc(-c2ncccc2O)o1. The summed E-state index contributed by atoms with van der Waals surface area (Å²) in [4.78, 5) is 13.6. The van der Waals surface area contributed by atoms with Gasteiger partial charge in [-0.1, -0.05) is 0 Å². The van der Waals surface area contributed by atoms with E-state index in [-0.39, 0.29) is 23.1 Å². The maximum atomic E-state index is 10.4. The van der Waals surface area contributed by atoms with Crippen molar-refractivity contribution >= 4 is 5.88 Å². The van der Waals surface area contributed by atoms with Gasteiger partial charge < -0.3 is 9.52 Å². The molecule has 0 fully saturated rings. The zero-order valence-corrected chi connectivity index (χ0v) is 7.45. The molecular formula is C9H6N2O4. The van der Waals surface area contributed by atoms with Crippen LogP contribution in [0.25, 0.3) is 11.5 Å². The van der Waals surface area contributed by atoms with E-state index < -0.39 is 4.92 Å². The molecule has 2 rings (SSSR count). The Balaban J connectivity index is 2.46. The summed E-state index contributed by atoms with van der Waals surface area (Å²) in [5.74, 6) is -0.295. The minimum atomic E-state index is -0.649. The van der Waals surface area contributed by atoms with Gasteiger partial charge in [0.2, 0.25) is 0 Å². The van der Waals surface area contributed by atoms with Gasteiger partial charge in [-0.05, 0) is 18.2 Å². The van der Waals surface area contributed by atoms with E-state index in [1.54, 1.807) is 6.07 Å². The number of aromatic hydroxyl groups is 1. The van der Waals surface area contributed by atoms with Crippen LogP contribution in [0.1, 0.15) is 0 Å². The third-order valence-electron chi connectivity index (χ3n) is 1.79. The van der Waals surface area contributed by atoms with Gasteiger partial charge in [0.1, 0.15) is 16.4 Å². The van der Waals surface area contributed by atoms with Crippen LogP contribution in [0.5, 0.6) is 5.75 Å². The number of pyridine rings is 1. The molecule has 2 aromatic rings. The molecule has 0 amide bonds. The zero-order chi connectivity index (χ0) is 10.8. The van der Waals surface area contributed by atoms with Gasteiger partial charge >= 0.3 is 5.88 Å². The summed E-state index contributed by atoms with van der Waals surface area (Å²) < 4.78 is 4.89. The Bertz CT molecular complexity index is 506. The number of rotatable bonds is 2. The van der Waals surface area contributed by atoms with Crippen molar-refractivity contribution in [2.24, 2.45) is 0 Å². The predicted molar refractivity (Wildman–Crippen MR) is 50.3 cm³/mol. The number of aromatic nitrogens is 1. The molecule has 0 aliphatic heterocycles. The van der Waals surface area contributed by atoms with Gasteiger partial charge in [0.05, 0.1) is 6.07 Å². The molecule has 0 aliphatic carbocycles. The van der Waals surface area contributed by atoms with Crippen molar-refractivity contribution in [2.45, 2.75) is 0 Å². The van der Waals surface area contributed by atoms with E-state index in [0.717, 1.165) is 0 Å². The van der Waals surface area contributed by atoms with Gasteiger partial charge in [0.15, 0.2) is 5.76 Å². The van der Waals surface area contributed by atoms with Crippen LogP contribution in [0.2, 0.25) is 0 Å². The molecular weight excluding hydrogens is 200 g/mol. The van der Waals surface area contributed by atoms with Crippen LogP contribution < -0.4 is 0 Å². The second-order valence-corrected chi connectivity index (χ2v) is 2.77. The summed E-state index contributed by atoms with van der Waals surface area (Å²) in [5.41, 5.74) is 0.186. The van der Waals surface area contributed by atoms with Crippen molar-refractivity contribution in [3.8, 4) is 17.2 Å². The first-order chi connectivity index (χ1) is 7.18. The number of furan rings is 1. The Labute approximate surface area is 83.9 Å². The Hall–Kier alpha value is -2.37. The van der Waals surface area contributed by atoms with Gasteiger partial charge in [0.25, 0.3) is 0 Å². The lowest BCUT2D eigenvalue weighted by Crippen LogP contribution is -1.83. The monoisotopic (exact) mass is 206 g/mol. The predicted octanol–water partition coefficient (Wildman–Crippen LogP) is 1.96. The molecule has 1 N–H and O–H groups in total. The molecule has 0 aliphatic rings. The van der Waals surface area contributed by atoms with Crippen LogP contribution in [-0.2, 0) is 0 Å². The van der Waals surface area contributed by atoms with Crippen LogP contribution in [0.4, 0.5) is 5.88 Å². The van der Waals surface area contributed by atoms with Gasteiger partial charge in [-0.3, -0.25) is 10.1 Å². The van der Waals surface area contributed by atoms with Crippen LogP contribution in [0.15, 0.2) is 34.9 Å². The highest BCUT2D eigenvalue weighted by atomic mass is 16.6. The quantitative estimate of drug-likeness (QED) is 0.599. The van der Waals surface area contributed by atoms with E-state index >= 15 is 0 Å². The highest BCUT2D eigenvalue weighted by Gasteiger charge is 2.15. The molecule has 0 saturated carbocycles. The molecule has 0 atom stereocenters. The molecule has 0 saturated heterocycles. The molecule has 0 unspecified atom stereocenters. The van der Waals surface area contributed by atoms with Crippen molar-refractivity contribution < 1.29 is 14.4 Å². The van der Waals surface area contributed by atoms with Crippen molar-refractivity contribution in [2.75, 3.05) is 0 Å². The minimum Gasteiger partial charge on any atom is -0.506 e. The third-order valence-corrected chi connectivity index (χ3v) is 1.79. The molecule has 2 heterocycles. The van der Waals surface area contributed by atoms with Gasteiger partial charge in [0, 0.05) is 6.20 Å². The second-order valence-electron chi connectivity index (χ2n) is 2.77. The standard InChI is InChI=1S/C9H6N2O4/c12-6-2-1-5-10-9(6)7-3-4-8(15-7)11(13)14/h1-5,12H.